The fourth-order valence-corrected chi connectivity index (χ4v) is 4.36. The van der Waals surface area contributed by atoms with Crippen LogP contribution >= 0.6 is 0 Å². The van der Waals surface area contributed by atoms with E-state index in [9.17, 15) is 0 Å². The van der Waals surface area contributed by atoms with Crippen LogP contribution in [0.1, 0.15) is 11.1 Å². The number of nitrogens with zero attached hydrogens (tertiary/aromatic N) is 2. The number of furan rings is 1. The molecule has 3 aromatic heterocycles. The minimum atomic E-state index is 0.847. The molecule has 0 aliphatic carbocycles. The maximum Gasteiger partial charge on any atom is 0.144 e. The largest absolute Gasteiger partial charge is 0.455 e. The number of fused-ring (bicyclic) bond motifs is 3. The molecule has 0 atom stereocenters. The lowest BCUT2D eigenvalue weighted by Gasteiger charge is -2.08. The van der Waals surface area contributed by atoms with E-state index in [1.165, 1.54) is 11.1 Å². The van der Waals surface area contributed by atoms with E-state index >= 15 is 0 Å². The van der Waals surface area contributed by atoms with Crippen LogP contribution in [0.4, 0.5) is 0 Å². The van der Waals surface area contributed by atoms with E-state index in [1.807, 2.05) is 54.9 Å². The van der Waals surface area contributed by atoms with Crippen LogP contribution in [0.5, 0.6) is 0 Å². The molecular formula is C29H20N2O. The Balaban J connectivity index is 1.66. The quantitative estimate of drug-likeness (QED) is 0.305. The van der Waals surface area contributed by atoms with Crippen molar-refractivity contribution in [2.24, 2.45) is 0 Å². The SMILES string of the molecule is c1ccc(Cc2cccc3oc4c(-c5ccccn5)cc(-c5ccccn5)cc4c23)cc1. The van der Waals surface area contributed by atoms with Gasteiger partial charge in [0.2, 0.25) is 0 Å². The van der Waals surface area contributed by atoms with Gasteiger partial charge in [-0.15, -0.1) is 0 Å². The first kappa shape index (κ1) is 18.5. The summed E-state index contributed by atoms with van der Waals surface area (Å²) in [6.45, 7) is 0. The second-order valence-electron chi connectivity index (χ2n) is 7.89. The molecule has 0 fully saturated rings. The highest BCUT2D eigenvalue weighted by Gasteiger charge is 2.18. The summed E-state index contributed by atoms with van der Waals surface area (Å²) in [5.74, 6) is 0. The standard InChI is InChI=1S/C29H20N2O/c1-2-9-20(10-3-1)17-21-11-8-14-27-28(21)24-19-22(25-12-4-6-15-30-25)18-23(29(24)32-27)26-13-5-7-16-31-26/h1-16,18-19H,17H2. The monoisotopic (exact) mass is 412 g/mol. The van der Waals surface area contributed by atoms with E-state index in [1.54, 1.807) is 0 Å². The van der Waals surface area contributed by atoms with Crippen molar-refractivity contribution in [1.29, 1.82) is 0 Å². The van der Waals surface area contributed by atoms with Gasteiger partial charge in [-0.1, -0.05) is 54.6 Å². The van der Waals surface area contributed by atoms with E-state index in [-0.39, 0.29) is 0 Å². The fourth-order valence-electron chi connectivity index (χ4n) is 4.36. The van der Waals surface area contributed by atoms with Crippen molar-refractivity contribution in [1.82, 2.24) is 9.97 Å². The van der Waals surface area contributed by atoms with E-state index < -0.39 is 0 Å². The lowest BCUT2D eigenvalue weighted by molar-refractivity contribution is 0.669. The smallest absolute Gasteiger partial charge is 0.144 e. The van der Waals surface area contributed by atoms with Crippen molar-refractivity contribution in [2.45, 2.75) is 6.42 Å². The van der Waals surface area contributed by atoms with E-state index in [4.69, 9.17) is 4.42 Å². The minimum Gasteiger partial charge on any atom is -0.455 e. The fraction of sp³-hybridized carbons (Fsp3) is 0.0345. The predicted molar refractivity (Wildman–Crippen MR) is 129 cm³/mol. The van der Waals surface area contributed by atoms with Gasteiger partial charge in [-0.3, -0.25) is 9.97 Å². The van der Waals surface area contributed by atoms with Gasteiger partial charge in [-0.25, -0.2) is 0 Å². The van der Waals surface area contributed by atoms with Gasteiger partial charge in [-0.05, 0) is 60.0 Å². The van der Waals surface area contributed by atoms with Crippen LogP contribution in [0, 0.1) is 0 Å². The first-order chi connectivity index (χ1) is 15.9. The summed E-state index contributed by atoms with van der Waals surface area (Å²) in [7, 11) is 0. The molecule has 0 bridgehead atoms. The maximum atomic E-state index is 6.45. The molecule has 3 heteroatoms. The zero-order valence-electron chi connectivity index (χ0n) is 17.4. The van der Waals surface area contributed by atoms with Crippen molar-refractivity contribution in [2.75, 3.05) is 0 Å². The average Bonchev–Trinajstić information content (AvgIpc) is 3.25. The van der Waals surface area contributed by atoms with Crippen LogP contribution in [0.15, 0.2) is 114 Å². The van der Waals surface area contributed by atoms with Crippen molar-refractivity contribution in [3.8, 4) is 22.5 Å². The number of hydrogen-bond acceptors (Lipinski definition) is 3. The number of benzene rings is 3. The van der Waals surface area contributed by atoms with Crippen LogP contribution in [-0.2, 0) is 6.42 Å². The molecule has 0 unspecified atom stereocenters. The summed E-state index contributed by atoms with van der Waals surface area (Å²) in [5, 5.41) is 2.25. The zero-order chi connectivity index (χ0) is 21.3. The van der Waals surface area contributed by atoms with Crippen LogP contribution < -0.4 is 0 Å². The summed E-state index contributed by atoms with van der Waals surface area (Å²) < 4.78 is 6.45. The minimum absolute atomic E-state index is 0.847. The second-order valence-corrected chi connectivity index (χ2v) is 7.89. The van der Waals surface area contributed by atoms with Crippen LogP contribution in [0.2, 0.25) is 0 Å². The Kier molecular flexibility index (Phi) is 4.51. The third kappa shape index (κ3) is 3.25. The first-order valence-corrected chi connectivity index (χ1v) is 10.7. The van der Waals surface area contributed by atoms with Crippen molar-refractivity contribution in [3.05, 3.63) is 121 Å². The van der Waals surface area contributed by atoms with E-state index in [0.717, 1.165) is 50.9 Å². The van der Waals surface area contributed by atoms with Gasteiger partial charge in [0.15, 0.2) is 0 Å². The number of pyridine rings is 2. The van der Waals surface area contributed by atoms with Gasteiger partial charge in [0, 0.05) is 34.3 Å². The second kappa shape index (κ2) is 7.78. The first-order valence-electron chi connectivity index (χ1n) is 10.7. The van der Waals surface area contributed by atoms with Crippen LogP contribution in [0.25, 0.3) is 44.5 Å². The molecule has 32 heavy (non-hydrogen) atoms. The van der Waals surface area contributed by atoms with Gasteiger partial charge < -0.3 is 4.42 Å². The Hall–Kier alpha value is -4.24. The van der Waals surface area contributed by atoms with E-state index in [2.05, 4.69) is 64.6 Å². The third-order valence-electron chi connectivity index (χ3n) is 5.82. The van der Waals surface area contributed by atoms with Crippen LogP contribution in [0.3, 0.4) is 0 Å². The molecule has 6 aromatic rings. The molecule has 0 N–H and O–H groups in total. The average molecular weight is 412 g/mol. The maximum absolute atomic E-state index is 6.45. The van der Waals surface area contributed by atoms with Crippen molar-refractivity contribution in [3.63, 3.8) is 0 Å². The summed E-state index contributed by atoms with van der Waals surface area (Å²) in [6.07, 6.45) is 4.49. The molecule has 6 rings (SSSR count). The molecule has 3 nitrogen and oxygen atoms in total. The Labute approximate surface area is 186 Å². The molecule has 0 aliphatic heterocycles. The molecule has 0 aliphatic rings. The summed E-state index contributed by atoms with van der Waals surface area (Å²) in [4.78, 5) is 9.21. The number of rotatable bonds is 4. The molecule has 0 saturated heterocycles. The normalized spacial score (nSPS) is 11.2. The lowest BCUT2D eigenvalue weighted by atomic mass is 9.96. The van der Waals surface area contributed by atoms with Gasteiger partial charge in [-0.2, -0.15) is 0 Å². The van der Waals surface area contributed by atoms with Gasteiger partial charge in [0.05, 0.1) is 11.4 Å². The summed E-state index contributed by atoms with van der Waals surface area (Å²) in [6, 6.07) is 33.1. The summed E-state index contributed by atoms with van der Waals surface area (Å²) >= 11 is 0. The third-order valence-corrected chi connectivity index (χ3v) is 5.82. The molecule has 0 spiro atoms. The van der Waals surface area contributed by atoms with Crippen LogP contribution in [-0.4, -0.2) is 9.97 Å². The molecular weight excluding hydrogens is 392 g/mol. The molecule has 0 amide bonds. The highest BCUT2D eigenvalue weighted by molar-refractivity contribution is 6.12. The Morgan fingerprint density at radius 3 is 2.16 bits per heavy atom. The lowest BCUT2D eigenvalue weighted by Crippen LogP contribution is -1.90. The summed E-state index contributed by atoms with van der Waals surface area (Å²) in [5.41, 5.74) is 8.13. The zero-order valence-corrected chi connectivity index (χ0v) is 17.4. The van der Waals surface area contributed by atoms with Gasteiger partial charge in [0.25, 0.3) is 0 Å². The molecule has 3 heterocycles. The molecule has 0 radical (unpaired) electrons. The highest BCUT2D eigenvalue weighted by Crippen LogP contribution is 2.40. The number of hydrogen-bond donors (Lipinski definition) is 0. The van der Waals surface area contributed by atoms with Gasteiger partial charge >= 0.3 is 0 Å². The Morgan fingerprint density at radius 2 is 1.41 bits per heavy atom. The Bertz CT molecular complexity index is 1520. The van der Waals surface area contributed by atoms with Gasteiger partial charge in [0.1, 0.15) is 11.2 Å². The number of aromatic nitrogens is 2. The van der Waals surface area contributed by atoms with Crippen molar-refractivity contribution < 1.29 is 4.42 Å². The molecule has 3 aromatic carbocycles. The predicted octanol–water partition coefficient (Wildman–Crippen LogP) is 7.30. The van der Waals surface area contributed by atoms with Crippen molar-refractivity contribution >= 4 is 21.9 Å². The molecule has 0 saturated carbocycles. The topological polar surface area (TPSA) is 38.9 Å². The van der Waals surface area contributed by atoms with E-state index in [0.29, 0.717) is 0 Å². The Morgan fingerprint density at radius 1 is 0.656 bits per heavy atom. The molecule has 152 valence electrons. The highest BCUT2D eigenvalue weighted by atomic mass is 16.3.